The standard InChI is InChI=1S/C29H34N8O3/c1-2-4-23(5-3-1)37-20-31-26-27(30-8-9-34-14-16-38-17-15-34)32-29(33-28(26)37)36-12-10-35(11-13-36)19-22-6-7-24-25(18-22)40-21-39-24/h1-7,18,20H,8-17,19,21H2,(H,30,32,33). The highest BCUT2D eigenvalue weighted by molar-refractivity contribution is 5.85. The largest absolute Gasteiger partial charge is 0.454 e. The van der Waals surface area contributed by atoms with Gasteiger partial charge >= 0.3 is 0 Å². The van der Waals surface area contributed by atoms with Gasteiger partial charge in [-0.25, -0.2) is 4.98 Å². The quantitative estimate of drug-likeness (QED) is 0.358. The van der Waals surface area contributed by atoms with Crippen LogP contribution in [-0.4, -0.2) is 102 Å². The van der Waals surface area contributed by atoms with Gasteiger partial charge in [-0.3, -0.25) is 14.4 Å². The van der Waals surface area contributed by atoms with Gasteiger partial charge < -0.3 is 24.4 Å². The zero-order chi connectivity index (χ0) is 26.7. The molecule has 2 aromatic carbocycles. The van der Waals surface area contributed by atoms with E-state index in [0.29, 0.717) is 6.79 Å². The van der Waals surface area contributed by atoms with Crippen LogP contribution in [0.2, 0.25) is 0 Å². The predicted octanol–water partition coefficient (Wildman–Crippen LogP) is 2.61. The van der Waals surface area contributed by atoms with Gasteiger partial charge in [-0.15, -0.1) is 0 Å². The molecular formula is C29H34N8O3. The van der Waals surface area contributed by atoms with Crippen LogP contribution in [0.25, 0.3) is 16.9 Å². The third-order valence-electron chi connectivity index (χ3n) is 7.74. The average Bonchev–Trinajstić information content (AvgIpc) is 3.66. The van der Waals surface area contributed by atoms with Gasteiger partial charge in [-0.1, -0.05) is 24.3 Å². The number of morpholine rings is 1. The van der Waals surface area contributed by atoms with E-state index in [2.05, 4.69) is 44.3 Å². The number of anilines is 2. The maximum atomic E-state index is 5.56. The number of hydrogen-bond donors (Lipinski definition) is 1. The van der Waals surface area contributed by atoms with Gasteiger partial charge in [0.25, 0.3) is 0 Å². The first-order chi connectivity index (χ1) is 19.8. The Balaban J connectivity index is 1.09. The molecule has 11 heteroatoms. The molecule has 11 nitrogen and oxygen atoms in total. The van der Waals surface area contributed by atoms with Crippen LogP contribution in [0.4, 0.5) is 11.8 Å². The zero-order valence-electron chi connectivity index (χ0n) is 22.5. The minimum absolute atomic E-state index is 0.301. The summed E-state index contributed by atoms with van der Waals surface area (Å²) >= 11 is 0. The fourth-order valence-corrected chi connectivity index (χ4v) is 5.49. The Bertz CT molecular complexity index is 1450. The topological polar surface area (TPSA) is 93.0 Å². The number of benzene rings is 2. The van der Waals surface area contributed by atoms with E-state index in [1.807, 2.05) is 35.2 Å². The van der Waals surface area contributed by atoms with Crippen LogP contribution in [-0.2, 0) is 11.3 Å². The second-order valence-corrected chi connectivity index (χ2v) is 10.3. The first-order valence-corrected chi connectivity index (χ1v) is 14.0. The van der Waals surface area contributed by atoms with Crippen LogP contribution in [0.1, 0.15) is 5.56 Å². The SMILES string of the molecule is c1ccc(-n2cnc3c(NCCN4CCOCC4)nc(N4CCN(Cc5ccc6c(c5)OCO6)CC4)nc32)cc1. The smallest absolute Gasteiger partial charge is 0.231 e. The fraction of sp³-hybridized carbons (Fsp3) is 0.414. The van der Waals surface area contributed by atoms with Gasteiger partial charge in [-0.2, -0.15) is 9.97 Å². The Morgan fingerprint density at radius 1 is 0.825 bits per heavy atom. The van der Waals surface area contributed by atoms with Crippen molar-refractivity contribution in [3.8, 4) is 17.2 Å². The molecule has 3 aliphatic rings. The summed E-state index contributed by atoms with van der Waals surface area (Å²) in [6, 6.07) is 16.4. The van der Waals surface area contributed by atoms with E-state index in [1.165, 1.54) is 5.56 Å². The number of imidazole rings is 1. The predicted molar refractivity (Wildman–Crippen MR) is 152 cm³/mol. The zero-order valence-corrected chi connectivity index (χ0v) is 22.5. The summed E-state index contributed by atoms with van der Waals surface area (Å²) in [5.74, 6) is 3.18. The van der Waals surface area contributed by atoms with Gasteiger partial charge in [0, 0.05) is 64.6 Å². The summed E-state index contributed by atoms with van der Waals surface area (Å²) < 4.78 is 18.6. The number of nitrogens with one attached hydrogen (secondary N) is 1. The van der Waals surface area contributed by atoms with Crippen LogP contribution in [0.5, 0.6) is 11.5 Å². The second kappa shape index (κ2) is 11.3. The van der Waals surface area contributed by atoms with E-state index in [4.69, 9.17) is 29.2 Å². The minimum Gasteiger partial charge on any atom is -0.454 e. The number of para-hydroxylation sites is 1. The number of fused-ring (bicyclic) bond motifs is 2. The van der Waals surface area contributed by atoms with Crippen molar-refractivity contribution < 1.29 is 14.2 Å². The molecule has 0 spiro atoms. The highest BCUT2D eigenvalue weighted by atomic mass is 16.7. The van der Waals surface area contributed by atoms with Gasteiger partial charge in [0.2, 0.25) is 12.7 Å². The molecule has 0 saturated carbocycles. The van der Waals surface area contributed by atoms with Crippen LogP contribution in [0.15, 0.2) is 54.9 Å². The highest BCUT2D eigenvalue weighted by Crippen LogP contribution is 2.33. The number of piperazine rings is 1. The third kappa shape index (κ3) is 5.27. The summed E-state index contributed by atoms with van der Waals surface area (Å²) in [4.78, 5) is 21.9. The molecule has 3 aliphatic heterocycles. The Morgan fingerprint density at radius 2 is 1.65 bits per heavy atom. The molecule has 0 unspecified atom stereocenters. The molecule has 4 aromatic rings. The molecule has 5 heterocycles. The molecule has 2 aromatic heterocycles. The lowest BCUT2D eigenvalue weighted by molar-refractivity contribution is 0.0398. The number of hydrogen-bond acceptors (Lipinski definition) is 10. The van der Waals surface area contributed by atoms with E-state index >= 15 is 0 Å². The first-order valence-electron chi connectivity index (χ1n) is 14.0. The lowest BCUT2D eigenvalue weighted by Crippen LogP contribution is -2.46. The maximum absolute atomic E-state index is 5.56. The molecule has 1 N–H and O–H groups in total. The fourth-order valence-electron chi connectivity index (χ4n) is 5.49. The summed E-state index contributed by atoms with van der Waals surface area (Å²) in [7, 11) is 0. The lowest BCUT2D eigenvalue weighted by Gasteiger charge is -2.35. The molecular weight excluding hydrogens is 508 g/mol. The monoisotopic (exact) mass is 542 g/mol. The third-order valence-corrected chi connectivity index (χ3v) is 7.74. The minimum atomic E-state index is 0.301. The van der Waals surface area contributed by atoms with E-state index in [9.17, 15) is 0 Å². The Morgan fingerprint density at radius 3 is 2.50 bits per heavy atom. The van der Waals surface area contributed by atoms with Crippen molar-refractivity contribution in [2.24, 2.45) is 0 Å². The first kappa shape index (κ1) is 25.1. The van der Waals surface area contributed by atoms with E-state index in [1.54, 1.807) is 0 Å². The molecule has 7 rings (SSSR count). The van der Waals surface area contributed by atoms with Crippen LogP contribution < -0.4 is 19.7 Å². The average molecular weight is 543 g/mol. The lowest BCUT2D eigenvalue weighted by atomic mass is 10.1. The van der Waals surface area contributed by atoms with Crippen LogP contribution >= 0.6 is 0 Å². The number of aromatic nitrogens is 4. The van der Waals surface area contributed by atoms with Crippen LogP contribution in [0.3, 0.4) is 0 Å². The van der Waals surface area contributed by atoms with Gasteiger partial charge in [-0.05, 0) is 29.8 Å². The van der Waals surface area contributed by atoms with Crippen molar-refractivity contribution in [1.29, 1.82) is 0 Å². The molecule has 0 radical (unpaired) electrons. The van der Waals surface area contributed by atoms with E-state index in [-0.39, 0.29) is 0 Å². The number of nitrogens with zero attached hydrogens (tertiary/aromatic N) is 7. The molecule has 0 amide bonds. The second-order valence-electron chi connectivity index (χ2n) is 10.3. The van der Waals surface area contributed by atoms with Gasteiger partial charge in [0.1, 0.15) is 6.33 Å². The summed E-state index contributed by atoms with van der Waals surface area (Å²) in [6.07, 6.45) is 1.84. The van der Waals surface area contributed by atoms with Gasteiger partial charge in [0.05, 0.1) is 13.2 Å². The van der Waals surface area contributed by atoms with Crippen LogP contribution in [0, 0.1) is 0 Å². The summed E-state index contributed by atoms with van der Waals surface area (Å²) in [6.45, 7) is 9.96. The summed E-state index contributed by atoms with van der Waals surface area (Å²) in [5, 5.41) is 3.57. The molecule has 0 bridgehead atoms. The van der Waals surface area contributed by atoms with Crippen molar-refractivity contribution in [2.45, 2.75) is 6.54 Å². The number of rotatable bonds is 8. The Hall–Kier alpha value is -3.93. The summed E-state index contributed by atoms with van der Waals surface area (Å²) in [5.41, 5.74) is 3.86. The van der Waals surface area contributed by atoms with E-state index in [0.717, 1.165) is 112 Å². The van der Waals surface area contributed by atoms with Crippen molar-refractivity contribution in [3.63, 3.8) is 0 Å². The normalized spacial score (nSPS) is 17.9. The van der Waals surface area contributed by atoms with Crippen molar-refractivity contribution in [2.75, 3.05) is 82.6 Å². The Kier molecular flexibility index (Phi) is 7.07. The molecule has 0 aliphatic carbocycles. The Labute approximate surface area is 233 Å². The molecule has 40 heavy (non-hydrogen) atoms. The van der Waals surface area contributed by atoms with Crippen molar-refractivity contribution in [3.05, 3.63) is 60.4 Å². The molecule has 2 saturated heterocycles. The molecule has 208 valence electrons. The molecule has 2 fully saturated rings. The van der Waals surface area contributed by atoms with Crippen molar-refractivity contribution >= 4 is 22.9 Å². The van der Waals surface area contributed by atoms with Gasteiger partial charge in [0.15, 0.2) is 28.5 Å². The van der Waals surface area contributed by atoms with E-state index < -0.39 is 0 Å². The van der Waals surface area contributed by atoms with Crippen molar-refractivity contribution in [1.82, 2.24) is 29.3 Å². The number of ether oxygens (including phenoxy) is 3. The highest BCUT2D eigenvalue weighted by Gasteiger charge is 2.23. The maximum Gasteiger partial charge on any atom is 0.231 e. The molecule has 0 atom stereocenters.